The number of phenols is 2. The zero-order chi connectivity index (χ0) is 13.0. The first-order valence-electron chi connectivity index (χ1n) is 5.35. The Balaban J connectivity index is 2.04. The fourth-order valence-corrected chi connectivity index (χ4v) is 1.51. The van der Waals surface area contributed by atoms with Crippen molar-refractivity contribution < 1.29 is 15.0 Å². The van der Waals surface area contributed by atoms with E-state index in [9.17, 15) is 15.0 Å². The molecule has 1 aromatic heterocycles. The summed E-state index contributed by atoms with van der Waals surface area (Å²) in [5, 5.41) is 21.2. The molecule has 0 saturated carbocycles. The van der Waals surface area contributed by atoms with Crippen molar-refractivity contribution in [2.45, 2.75) is 6.54 Å². The average molecular weight is 244 g/mol. The van der Waals surface area contributed by atoms with Gasteiger partial charge in [0.15, 0.2) is 0 Å². The molecule has 0 aliphatic rings. The molecule has 1 heterocycles. The van der Waals surface area contributed by atoms with Crippen molar-refractivity contribution in [2.24, 2.45) is 0 Å². The molecule has 0 bridgehead atoms. The van der Waals surface area contributed by atoms with Crippen LogP contribution in [0.4, 0.5) is 0 Å². The van der Waals surface area contributed by atoms with E-state index >= 15 is 0 Å². The van der Waals surface area contributed by atoms with Gasteiger partial charge in [0.2, 0.25) is 0 Å². The Morgan fingerprint density at radius 2 is 1.72 bits per heavy atom. The number of nitrogens with one attached hydrogen (secondary N) is 1. The summed E-state index contributed by atoms with van der Waals surface area (Å²) in [6, 6.07) is 7.34. The van der Waals surface area contributed by atoms with Crippen LogP contribution >= 0.6 is 0 Å². The number of pyridine rings is 1. The lowest BCUT2D eigenvalue weighted by Gasteiger charge is -2.06. The van der Waals surface area contributed by atoms with Crippen molar-refractivity contribution in [1.29, 1.82) is 0 Å². The molecule has 1 amide bonds. The number of aromatic hydroxyl groups is 2. The largest absolute Gasteiger partial charge is 0.508 e. The number of rotatable bonds is 3. The van der Waals surface area contributed by atoms with Crippen LogP contribution in [0.25, 0.3) is 0 Å². The minimum absolute atomic E-state index is 0.149. The molecule has 0 radical (unpaired) electrons. The van der Waals surface area contributed by atoms with Crippen LogP contribution < -0.4 is 5.32 Å². The maximum atomic E-state index is 11.8. The number of phenolic OH excluding ortho intramolecular Hbond substituents is 2. The Hall–Kier alpha value is -2.56. The first-order valence-corrected chi connectivity index (χ1v) is 5.35. The fourth-order valence-electron chi connectivity index (χ4n) is 1.51. The molecule has 0 aliphatic heterocycles. The van der Waals surface area contributed by atoms with Crippen molar-refractivity contribution in [3.05, 3.63) is 53.9 Å². The van der Waals surface area contributed by atoms with Crippen LogP contribution in [0.2, 0.25) is 0 Å². The van der Waals surface area contributed by atoms with Crippen LogP contribution in [0.1, 0.15) is 15.9 Å². The number of amides is 1. The van der Waals surface area contributed by atoms with E-state index < -0.39 is 0 Å². The van der Waals surface area contributed by atoms with Gasteiger partial charge in [-0.1, -0.05) is 0 Å². The van der Waals surface area contributed by atoms with Gasteiger partial charge in [-0.25, -0.2) is 0 Å². The molecule has 2 rings (SSSR count). The highest BCUT2D eigenvalue weighted by Crippen LogP contribution is 2.20. The summed E-state index contributed by atoms with van der Waals surface area (Å²) in [5.41, 5.74) is 1.13. The molecule has 92 valence electrons. The minimum atomic E-state index is -0.363. The van der Waals surface area contributed by atoms with Crippen molar-refractivity contribution in [2.75, 3.05) is 0 Å². The number of carbonyl (C=O) groups is 1. The summed E-state index contributed by atoms with van der Waals surface area (Å²) in [6.07, 6.45) is 3.28. The van der Waals surface area contributed by atoms with Gasteiger partial charge in [0.25, 0.3) is 5.91 Å². The highest BCUT2D eigenvalue weighted by molar-refractivity contribution is 5.94. The van der Waals surface area contributed by atoms with Crippen molar-refractivity contribution in [1.82, 2.24) is 10.3 Å². The van der Waals surface area contributed by atoms with Crippen molar-refractivity contribution >= 4 is 5.91 Å². The van der Waals surface area contributed by atoms with E-state index in [-0.39, 0.29) is 23.0 Å². The van der Waals surface area contributed by atoms with Gasteiger partial charge in [-0.2, -0.15) is 0 Å². The van der Waals surface area contributed by atoms with Crippen LogP contribution in [0, 0.1) is 0 Å². The van der Waals surface area contributed by atoms with E-state index in [0.717, 1.165) is 5.56 Å². The summed E-state index contributed by atoms with van der Waals surface area (Å²) in [4.78, 5) is 15.6. The molecule has 5 heteroatoms. The van der Waals surface area contributed by atoms with Crippen LogP contribution in [-0.2, 0) is 6.54 Å². The Labute approximate surface area is 104 Å². The second kappa shape index (κ2) is 5.18. The summed E-state index contributed by atoms with van der Waals surface area (Å²) >= 11 is 0. The second-order valence-corrected chi connectivity index (χ2v) is 3.78. The summed E-state index contributed by atoms with van der Waals surface area (Å²) in [7, 11) is 0. The molecule has 3 N–H and O–H groups in total. The summed E-state index contributed by atoms with van der Waals surface area (Å²) in [5.74, 6) is -0.661. The quantitative estimate of drug-likeness (QED) is 0.762. The van der Waals surface area contributed by atoms with Gasteiger partial charge in [-0.05, 0) is 29.8 Å². The molecule has 0 aliphatic carbocycles. The Kier molecular flexibility index (Phi) is 3.43. The Morgan fingerprint density at radius 1 is 1.11 bits per heavy atom. The van der Waals surface area contributed by atoms with Gasteiger partial charge in [0, 0.05) is 30.6 Å². The SMILES string of the molecule is O=C(NCc1ccncc1)c1cc(O)cc(O)c1. The van der Waals surface area contributed by atoms with Gasteiger partial charge >= 0.3 is 0 Å². The molecule has 18 heavy (non-hydrogen) atoms. The maximum absolute atomic E-state index is 11.8. The number of aromatic nitrogens is 1. The molecule has 5 nitrogen and oxygen atoms in total. The Morgan fingerprint density at radius 3 is 2.33 bits per heavy atom. The van der Waals surface area contributed by atoms with Crippen LogP contribution in [0.5, 0.6) is 11.5 Å². The van der Waals surface area contributed by atoms with E-state index in [4.69, 9.17) is 0 Å². The lowest BCUT2D eigenvalue weighted by Crippen LogP contribution is -2.22. The normalized spacial score (nSPS) is 10.0. The van der Waals surface area contributed by atoms with E-state index in [1.807, 2.05) is 0 Å². The van der Waals surface area contributed by atoms with Crippen LogP contribution in [0.3, 0.4) is 0 Å². The number of benzene rings is 1. The zero-order valence-electron chi connectivity index (χ0n) is 9.50. The molecule has 1 aromatic carbocycles. The van der Waals surface area contributed by atoms with E-state index in [2.05, 4.69) is 10.3 Å². The highest BCUT2D eigenvalue weighted by atomic mass is 16.3. The van der Waals surface area contributed by atoms with Gasteiger partial charge in [-0.3, -0.25) is 9.78 Å². The standard InChI is InChI=1S/C13H12N2O3/c16-11-5-10(6-12(17)7-11)13(18)15-8-9-1-3-14-4-2-9/h1-7,16-17H,8H2,(H,15,18). The molecule has 0 spiro atoms. The molecule has 2 aromatic rings. The van der Waals surface area contributed by atoms with Gasteiger partial charge in [0.05, 0.1) is 0 Å². The van der Waals surface area contributed by atoms with Gasteiger partial charge in [-0.15, -0.1) is 0 Å². The maximum Gasteiger partial charge on any atom is 0.251 e. The van der Waals surface area contributed by atoms with E-state index in [1.54, 1.807) is 24.5 Å². The van der Waals surface area contributed by atoms with Gasteiger partial charge in [0.1, 0.15) is 11.5 Å². The smallest absolute Gasteiger partial charge is 0.251 e. The average Bonchev–Trinajstić information content (AvgIpc) is 2.36. The number of carbonyl (C=O) groups excluding carboxylic acids is 1. The fraction of sp³-hybridized carbons (Fsp3) is 0.0769. The number of hydrogen-bond acceptors (Lipinski definition) is 4. The predicted octanol–water partition coefficient (Wildman–Crippen LogP) is 1.42. The molecule has 0 saturated heterocycles. The number of nitrogens with zero attached hydrogens (tertiary/aromatic N) is 1. The zero-order valence-corrected chi connectivity index (χ0v) is 9.50. The first-order chi connectivity index (χ1) is 8.65. The molecule has 0 unspecified atom stereocenters. The molecule has 0 atom stereocenters. The van der Waals surface area contributed by atoms with E-state index in [1.165, 1.54) is 18.2 Å². The third kappa shape index (κ3) is 2.98. The van der Waals surface area contributed by atoms with Crippen LogP contribution in [-0.4, -0.2) is 21.1 Å². The topological polar surface area (TPSA) is 82.5 Å². The van der Waals surface area contributed by atoms with E-state index in [0.29, 0.717) is 6.54 Å². The molecular weight excluding hydrogens is 232 g/mol. The second-order valence-electron chi connectivity index (χ2n) is 3.78. The third-order valence-electron chi connectivity index (χ3n) is 2.37. The predicted molar refractivity (Wildman–Crippen MR) is 65.2 cm³/mol. The van der Waals surface area contributed by atoms with Crippen molar-refractivity contribution in [3.8, 4) is 11.5 Å². The highest BCUT2D eigenvalue weighted by Gasteiger charge is 2.08. The van der Waals surface area contributed by atoms with Gasteiger partial charge < -0.3 is 15.5 Å². The monoisotopic (exact) mass is 244 g/mol. The summed E-state index contributed by atoms with van der Waals surface area (Å²) in [6.45, 7) is 0.359. The summed E-state index contributed by atoms with van der Waals surface area (Å²) < 4.78 is 0. The third-order valence-corrected chi connectivity index (χ3v) is 2.37. The number of hydrogen-bond donors (Lipinski definition) is 3. The lowest BCUT2D eigenvalue weighted by molar-refractivity contribution is 0.0950. The molecule has 0 fully saturated rings. The minimum Gasteiger partial charge on any atom is -0.508 e. The van der Waals surface area contributed by atoms with Crippen LogP contribution in [0.15, 0.2) is 42.7 Å². The molecular formula is C13H12N2O3. The lowest BCUT2D eigenvalue weighted by atomic mass is 10.2. The van der Waals surface area contributed by atoms with Crippen molar-refractivity contribution in [3.63, 3.8) is 0 Å². The Bertz CT molecular complexity index is 535. The first kappa shape index (κ1) is 11.9.